The lowest BCUT2D eigenvalue weighted by Gasteiger charge is -2.07. The van der Waals surface area contributed by atoms with Crippen LogP contribution in [0.25, 0.3) is 15.6 Å². The molecular weight excluding hydrogens is 352 g/mol. The summed E-state index contributed by atoms with van der Waals surface area (Å²) in [7, 11) is 0. The van der Waals surface area contributed by atoms with Crippen molar-refractivity contribution in [2.45, 2.75) is 6.92 Å². The number of nitrogens with zero attached hydrogens (tertiary/aromatic N) is 3. The molecule has 1 aromatic carbocycles. The molecule has 3 heterocycles. The van der Waals surface area contributed by atoms with Gasteiger partial charge in [-0.25, -0.2) is 9.67 Å². The number of amides is 1. The highest BCUT2D eigenvalue weighted by Crippen LogP contribution is 2.31. The van der Waals surface area contributed by atoms with Crippen molar-refractivity contribution in [1.29, 1.82) is 0 Å². The van der Waals surface area contributed by atoms with Gasteiger partial charge >= 0.3 is 0 Å². The van der Waals surface area contributed by atoms with Gasteiger partial charge < -0.3 is 5.32 Å². The van der Waals surface area contributed by atoms with Gasteiger partial charge in [0.15, 0.2) is 0 Å². The molecule has 0 atom stereocenters. The molecule has 0 fully saturated rings. The maximum atomic E-state index is 12.7. The van der Waals surface area contributed by atoms with Gasteiger partial charge in [0.2, 0.25) is 0 Å². The largest absolute Gasteiger partial charge is 0.321 e. The number of thiophene rings is 1. The number of aryl methyl sites for hydroxylation is 1. The summed E-state index contributed by atoms with van der Waals surface area (Å²) >= 11 is 3.04. The molecule has 0 unspecified atom stereocenters. The highest BCUT2D eigenvalue weighted by Gasteiger charge is 2.17. The Morgan fingerprint density at radius 3 is 2.88 bits per heavy atom. The number of carbonyl (C=O) groups excluding carboxylic acids is 1. The van der Waals surface area contributed by atoms with Crippen LogP contribution in [0.15, 0.2) is 60.2 Å². The van der Waals surface area contributed by atoms with E-state index >= 15 is 0 Å². The van der Waals surface area contributed by atoms with Crippen LogP contribution in [0.1, 0.15) is 15.4 Å². The summed E-state index contributed by atoms with van der Waals surface area (Å²) in [4.78, 5) is 18.9. The monoisotopic (exact) mass is 366 g/mol. The average Bonchev–Trinajstić information content (AvgIpc) is 3.36. The van der Waals surface area contributed by atoms with Crippen LogP contribution < -0.4 is 5.32 Å². The summed E-state index contributed by atoms with van der Waals surface area (Å²) in [6, 6.07) is 13.4. The second kappa shape index (κ2) is 6.62. The SMILES string of the molecule is Cc1nc(-c2cccs2)sc1C(=O)Nc1cccc(-n2cccn2)c1. The van der Waals surface area contributed by atoms with Crippen molar-refractivity contribution < 1.29 is 4.79 Å². The zero-order valence-corrected chi connectivity index (χ0v) is 15.0. The molecule has 3 aromatic heterocycles. The Labute approximate surface area is 152 Å². The van der Waals surface area contributed by atoms with Crippen molar-refractivity contribution in [2.75, 3.05) is 5.32 Å². The number of aromatic nitrogens is 3. The Balaban J connectivity index is 1.58. The van der Waals surface area contributed by atoms with Crippen LogP contribution >= 0.6 is 22.7 Å². The minimum Gasteiger partial charge on any atom is -0.321 e. The number of anilines is 1. The van der Waals surface area contributed by atoms with Crippen molar-refractivity contribution in [3.63, 3.8) is 0 Å². The molecule has 1 N–H and O–H groups in total. The first-order valence-electron chi connectivity index (χ1n) is 7.63. The molecule has 0 bridgehead atoms. The van der Waals surface area contributed by atoms with Gasteiger partial charge in [0.25, 0.3) is 5.91 Å². The van der Waals surface area contributed by atoms with Gasteiger partial charge in [-0.3, -0.25) is 4.79 Å². The number of hydrogen-bond donors (Lipinski definition) is 1. The topological polar surface area (TPSA) is 59.8 Å². The second-order valence-electron chi connectivity index (χ2n) is 5.37. The van der Waals surface area contributed by atoms with Crippen LogP contribution in [0.4, 0.5) is 5.69 Å². The van der Waals surface area contributed by atoms with Gasteiger partial charge in [-0.2, -0.15) is 5.10 Å². The van der Waals surface area contributed by atoms with Gasteiger partial charge in [-0.05, 0) is 42.6 Å². The Morgan fingerprint density at radius 2 is 2.12 bits per heavy atom. The molecule has 0 spiro atoms. The van der Waals surface area contributed by atoms with E-state index in [4.69, 9.17) is 0 Å². The summed E-state index contributed by atoms with van der Waals surface area (Å²) in [5.74, 6) is -0.143. The third-order valence-corrected chi connectivity index (χ3v) is 5.80. The third kappa shape index (κ3) is 3.24. The predicted octanol–water partition coefficient (Wildman–Crippen LogP) is 4.62. The van der Waals surface area contributed by atoms with Gasteiger partial charge in [0.05, 0.1) is 16.3 Å². The summed E-state index contributed by atoms with van der Waals surface area (Å²) in [5, 5.41) is 10.0. The maximum Gasteiger partial charge on any atom is 0.267 e. The molecular formula is C18H14N4OS2. The number of rotatable bonds is 4. The zero-order valence-electron chi connectivity index (χ0n) is 13.3. The first-order valence-corrected chi connectivity index (χ1v) is 9.33. The molecule has 0 saturated carbocycles. The molecule has 0 aliphatic carbocycles. The van der Waals surface area contributed by atoms with Gasteiger partial charge in [0, 0.05) is 18.1 Å². The zero-order chi connectivity index (χ0) is 17.2. The van der Waals surface area contributed by atoms with E-state index in [1.807, 2.05) is 61.0 Å². The van der Waals surface area contributed by atoms with Crippen LogP contribution in [0, 0.1) is 6.92 Å². The molecule has 1 amide bonds. The van der Waals surface area contributed by atoms with E-state index in [0.717, 1.165) is 27.0 Å². The average molecular weight is 366 g/mol. The third-order valence-electron chi connectivity index (χ3n) is 3.61. The number of thiazole rings is 1. The van der Waals surface area contributed by atoms with Gasteiger partial charge in [-0.15, -0.1) is 22.7 Å². The highest BCUT2D eigenvalue weighted by atomic mass is 32.1. The van der Waals surface area contributed by atoms with E-state index < -0.39 is 0 Å². The van der Waals surface area contributed by atoms with Crippen LogP contribution in [-0.2, 0) is 0 Å². The van der Waals surface area contributed by atoms with Crippen molar-refractivity contribution in [2.24, 2.45) is 0 Å². The first-order chi connectivity index (χ1) is 12.2. The van der Waals surface area contributed by atoms with E-state index in [9.17, 15) is 4.79 Å². The first kappa shape index (κ1) is 15.7. The molecule has 7 heteroatoms. The lowest BCUT2D eigenvalue weighted by atomic mass is 10.2. The molecule has 25 heavy (non-hydrogen) atoms. The molecule has 124 valence electrons. The summed E-state index contributed by atoms with van der Waals surface area (Å²) in [6.07, 6.45) is 3.58. The molecule has 5 nitrogen and oxygen atoms in total. The fourth-order valence-electron chi connectivity index (χ4n) is 2.45. The summed E-state index contributed by atoms with van der Waals surface area (Å²) in [6.45, 7) is 1.86. The Hall–Kier alpha value is -2.77. The minimum atomic E-state index is -0.143. The Kier molecular flexibility index (Phi) is 4.17. The Morgan fingerprint density at radius 1 is 1.20 bits per heavy atom. The molecule has 0 aliphatic heterocycles. The Bertz CT molecular complexity index is 1000. The minimum absolute atomic E-state index is 0.143. The lowest BCUT2D eigenvalue weighted by Crippen LogP contribution is -2.11. The highest BCUT2D eigenvalue weighted by molar-refractivity contribution is 7.22. The van der Waals surface area contributed by atoms with Crippen molar-refractivity contribution in [3.05, 3.63) is 70.8 Å². The van der Waals surface area contributed by atoms with E-state index in [-0.39, 0.29) is 5.91 Å². The van der Waals surface area contributed by atoms with Crippen LogP contribution in [0.2, 0.25) is 0 Å². The van der Waals surface area contributed by atoms with Crippen molar-refractivity contribution in [1.82, 2.24) is 14.8 Å². The quantitative estimate of drug-likeness (QED) is 0.573. The molecule has 0 aliphatic rings. The smallest absolute Gasteiger partial charge is 0.267 e. The van der Waals surface area contributed by atoms with Crippen LogP contribution in [0.3, 0.4) is 0 Å². The molecule has 4 rings (SSSR count). The fourth-order valence-corrected chi connectivity index (χ4v) is 4.21. The van der Waals surface area contributed by atoms with Crippen molar-refractivity contribution in [3.8, 4) is 15.6 Å². The number of carbonyl (C=O) groups is 1. The van der Waals surface area contributed by atoms with Crippen LogP contribution in [0.5, 0.6) is 0 Å². The van der Waals surface area contributed by atoms with E-state index in [1.54, 1.807) is 22.2 Å². The van der Waals surface area contributed by atoms with Crippen molar-refractivity contribution >= 4 is 34.3 Å². The van der Waals surface area contributed by atoms with E-state index in [1.165, 1.54) is 11.3 Å². The lowest BCUT2D eigenvalue weighted by molar-refractivity contribution is 0.103. The molecule has 0 radical (unpaired) electrons. The summed E-state index contributed by atoms with van der Waals surface area (Å²) < 4.78 is 1.75. The summed E-state index contributed by atoms with van der Waals surface area (Å²) in [5.41, 5.74) is 2.36. The number of benzene rings is 1. The van der Waals surface area contributed by atoms with Gasteiger partial charge in [-0.1, -0.05) is 12.1 Å². The van der Waals surface area contributed by atoms with Crippen LogP contribution in [-0.4, -0.2) is 20.7 Å². The van der Waals surface area contributed by atoms with E-state index in [2.05, 4.69) is 15.4 Å². The second-order valence-corrected chi connectivity index (χ2v) is 7.31. The molecule has 4 aromatic rings. The number of hydrogen-bond acceptors (Lipinski definition) is 5. The van der Waals surface area contributed by atoms with Gasteiger partial charge in [0.1, 0.15) is 9.88 Å². The standard InChI is InChI=1S/C18H14N4OS2/c1-12-16(25-18(20-12)15-7-3-10-24-15)17(23)21-13-5-2-6-14(11-13)22-9-4-8-19-22/h2-11H,1H3,(H,21,23). The molecule has 0 saturated heterocycles. The number of nitrogens with one attached hydrogen (secondary N) is 1. The predicted molar refractivity (Wildman–Crippen MR) is 102 cm³/mol. The van der Waals surface area contributed by atoms with E-state index in [0.29, 0.717) is 4.88 Å². The normalized spacial score (nSPS) is 10.8. The fraction of sp³-hybridized carbons (Fsp3) is 0.0556. The maximum absolute atomic E-state index is 12.7.